The molecule has 0 saturated carbocycles. The second-order valence-corrected chi connectivity index (χ2v) is 2.63. The molecule has 1 rings (SSSR count). The van der Waals surface area contributed by atoms with E-state index in [0.29, 0.717) is 0 Å². The summed E-state index contributed by atoms with van der Waals surface area (Å²) < 4.78 is 0. The Morgan fingerprint density at radius 1 is 1.78 bits per heavy atom. The number of thiophene rings is 1. The van der Waals surface area contributed by atoms with E-state index < -0.39 is 0 Å². The Kier molecular flexibility index (Phi) is 4.08. The maximum Gasteiger partial charge on any atom is 0 e. The second-order valence-electron chi connectivity index (χ2n) is 1.58. The van der Waals surface area contributed by atoms with Gasteiger partial charge in [-0.3, -0.25) is 0 Å². The summed E-state index contributed by atoms with van der Waals surface area (Å²) in [5.74, 6) is 0. The molecule has 0 aromatic carbocycles. The topological polar surface area (TPSA) is 0 Å². The summed E-state index contributed by atoms with van der Waals surface area (Å²) >= 11 is 1.63. The van der Waals surface area contributed by atoms with Crippen LogP contribution >= 0.6 is 11.3 Å². The minimum Gasteiger partial charge on any atom is -0.300 e. The molecule has 0 saturated heterocycles. The van der Waals surface area contributed by atoms with Crippen molar-refractivity contribution < 1.29 is 21.1 Å². The van der Waals surface area contributed by atoms with Gasteiger partial charge in [0, 0.05) is 21.1 Å². The van der Waals surface area contributed by atoms with Crippen LogP contribution in [0.4, 0.5) is 0 Å². The fraction of sp³-hybridized carbons (Fsp3) is 0.143. The number of hydrogen-bond donors (Lipinski definition) is 0. The SMILES string of the molecule is C=Cc1c[c-]sc1C.[W]. The molecular formula is C7H7SW-. The van der Waals surface area contributed by atoms with E-state index in [1.807, 2.05) is 12.1 Å². The average Bonchev–Trinajstić information content (AvgIpc) is 2.14. The van der Waals surface area contributed by atoms with Crippen molar-refractivity contribution in [1.29, 1.82) is 0 Å². The smallest absolute Gasteiger partial charge is 0 e. The number of aryl methyl sites for hydroxylation is 1. The third-order valence-corrected chi connectivity index (χ3v) is 1.83. The van der Waals surface area contributed by atoms with Gasteiger partial charge in [-0.25, -0.2) is 0 Å². The number of rotatable bonds is 1. The van der Waals surface area contributed by atoms with E-state index in [9.17, 15) is 0 Å². The normalized spacial score (nSPS) is 8.11. The predicted octanol–water partition coefficient (Wildman–Crippen LogP) is 2.50. The molecule has 0 amide bonds. The van der Waals surface area contributed by atoms with Crippen molar-refractivity contribution in [2.24, 2.45) is 0 Å². The zero-order chi connectivity index (χ0) is 5.98. The first-order chi connectivity index (χ1) is 3.84. The van der Waals surface area contributed by atoms with Gasteiger partial charge in [0.05, 0.1) is 0 Å². The van der Waals surface area contributed by atoms with Crippen LogP contribution in [0.2, 0.25) is 0 Å². The molecule has 1 aromatic rings. The Labute approximate surface area is 73.9 Å². The van der Waals surface area contributed by atoms with Crippen LogP contribution in [-0.2, 0) is 21.1 Å². The summed E-state index contributed by atoms with van der Waals surface area (Å²) in [4.78, 5) is 1.29. The van der Waals surface area contributed by atoms with Crippen LogP contribution in [0, 0.1) is 12.3 Å². The van der Waals surface area contributed by atoms with E-state index in [0.717, 1.165) is 0 Å². The van der Waals surface area contributed by atoms with Crippen molar-refractivity contribution in [3.63, 3.8) is 0 Å². The second kappa shape index (κ2) is 4.03. The molecule has 0 N–H and O–H groups in total. The van der Waals surface area contributed by atoms with Crippen LogP contribution in [0.15, 0.2) is 12.6 Å². The summed E-state index contributed by atoms with van der Waals surface area (Å²) in [6.07, 6.45) is 1.85. The molecule has 0 bridgehead atoms. The molecule has 1 aromatic heterocycles. The first-order valence-corrected chi connectivity index (χ1v) is 3.25. The van der Waals surface area contributed by atoms with Gasteiger partial charge < -0.3 is 11.3 Å². The molecule has 0 aliphatic carbocycles. The average molecular weight is 307 g/mol. The summed E-state index contributed by atoms with van der Waals surface area (Å²) in [6, 6.07) is 1.95. The molecule has 1 heterocycles. The molecule has 0 aliphatic rings. The molecule has 0 unspecified atom stereocenters. The molecule has 0 spiro atoms. The first-order valence-electron chi connectivity index (χ1n) is 2.43. The van der Waals surface area contributed by atoms with E-state index in [1.54, 1.807) is 11.3 Å². The van der Waals surface area contributed by atoms with Crippen molar-refractivity contribution in [2.45, 2.75) is 6.92 Å². The zero-order valence-corrected chi connectivity index (χ0v) is 8.93. The van der Waals surface area contributed by atoms with Crippen molar-refractivity contribution >= 4 is 17.4 Å². The van der Waals surface area contributed by atoms with Gasteiger partial charge in [-0.1, -0.05) is 6.92 Å². The Morgan fingerprint density at radius 3 is 2.67 bits per heavy atom. The van der Waals surface area contributed by atoms with Gasteiger partial charge in [-0.05, 0) is 0 Å². The molecular weight excluding hydrogens is 300 g/mol. The Morgan fingerprint density at radius 2 is 2.44 bits per heavy atom. The fourth-order valence-corrected chi connectivity index (χ4v) is 1.17. The fourth-order valence-electron chi connectivity index (χ4n) is 0.545. The van der Waals surface area contributed by atoms with E-state index in [1.165, 1.54) is 10.4 Å². The molecule has 0 atom stereocenters. The molecule has 2 heteroatoms. The molecule has 0 nitrogen and oxygen atoms in total. The van der Waals surface area contributed by atoms with E-state index in [4.69, 9.17) is 0 Å². The van der Waals surface area contributed by atoms with Gasteiger partial charge in [-0.2, -0.15) is 11.6 Å². The van der Waals surface area contributed by atoms with E-state index in [-0.39, 0.29) is 21.1 Å². The van der Waals surface area contributed by atoms with Crippen molar-refractivity contribution in [2.75, 3.05) is 0 Å². The van der Waals surface area contributed by atoms with Crippen LogP contribution < -0.4 is 0 Å². The molecule has 0 aliphatic heterocycles. The summed E-state index contributed by atoms with van der Waals surface area (Å²) in [5, 5.41) is 3.02. The van der Waals surface area contributed by atoms with Crippen LogP contribution in [-0.4, -0.2) is 0 Å². The Bertz CT molecular complexity index is 191. The third-order valence-electron chi connectivity index (χ3n) is 1.05. The quantitative estimate of drug-likeness (QED) is 0.699. The Balaban J connectivity index is 0.000000640. The van der Waals surface area contributed by atoms with Crippen LogP contribution in [0.5, 0.6) is 0 Å². The molecule has 0 fully saturated rings. The van der Waals surface area contributed by atoms with Crippen molar-refractivity contribution in [3.8, 4) is 0 Å². The van der Waals surface area contributed by atoms with Crippen LogP contribution in [0.3, 0.4) is 0 Å². The maximum absolute atomic E-state index is 3.65. The summed E-state index contributed by atoms with van der Waals surface area (Å²) in [7, 11) is 0. The monoisotopic (exact) mass is 307 g/mol. The predicted molar refractivity (Wildman–Crippen MR) is 38.0 cm³/mol. The number of hydrogen-bond acceptors (Lipinski definition) is 1. The standard InChI is InChI=1S/C7H7S.W/c1-3-7-4-5-8-6(7)2;/h3-4H,1H2,2H3;/q-1;. The van der Waals surface area contributed by atoms with E-state index in [2.05, 4.69) is 18.9 Å². The van der Waals surface area contributed by atoms with Gasteiger partial charge in [0.2, 0.25) is 0 Å². The minimum atomic E-state index is 0. The van der Waals surface area contributed by atoms with Crippen LogP contribution in [0.1, 0.15) is 10.4 Å². The molecule has 0 radical (unpaired) electrons. The van der Waals surface area contributed by atoms with Crippen LogP contribution in [0.25, 0.3) is 6.08 Å². The van der Waals surface area contributed by atoms with Gasteiger partial charge in [-0.15, -0.1) is 22.9 Å². The van der Waals surface area contributed by atoms with Gasteiger partial charge in [0.25, 0.3) is 0 Å². The zero-order valence-electron chi connectivity index (χ0n) is 5.18. The van der Waals surface area contributed by atoms with Gasteiger partial charge in [0.1, 0.15) is 0 Å². The van der Waals surface area contributed by atoms with Gasteiger partial charge >= 0.3 is 0 Å². The largest absolute Gasteiger partial charge is 0.300 e. The molecule has 9 heavy (non-hydrogen) atoms. The summed E-state index contributed by atoms with van der Waals surface area (Å²) in [5.41, 5.74) is 1.20. The van der Waals surface area contributed by atoms with Crippen molar-refractivity contribution in [1.82, 2.24) is 0 Å². The summed E-state index contributed by atoms with van der Waals surface area (Å²) in [6.45, 7) is 5.72. The molecule has 48 valence electrons. The van der Waals surface area contributed by atoms with Crippen molar-refractivity contribution in [3.05, 3.63) is 28.5 Å². The third kappa shape index (κ3) is 2.08. The minimum absolute atomic E-state index is 0. The maximum atomic E-state index is 3.65. The Hall–Kier alpha value is 0.128. The first kappa shape index (κ1) is 9.13. The van der Waals surface area contributed by atoms with E-state index >= 15 is 0 Å². The van der Waals surface area contributed by atoms with Gasteiger partial charge in [0.15, 0.2) is 0 Å².